The molecule has 11 aromatic carbocycles. The molecule has 12 aromatic rings. The lowest BCUT2D eigenvalue weighted by atomic mass is 9.64. The van der Waals surface area contributed by atoms with Crippen LogP contribution in [0.25, 0.3) is 55.3 Å². The average Bonchev–Trinajstić information content (AvgIpc) is 3.74. The molecule has 366 valence electrons. The number of nitrogens with zero attached hydrogens (tertiary/aromatic N) is 2. The highest BCUT2D eigenvalue weighted by Gasteiger charge is 2.53. The zero-order valence-corrected chi connectivity index (χ0v) is 43.3. The molecule has 3 heterocycles. The molecule has 0 radical (unpaired) electrons. The Morgan fingerprint density at radius 2 is 0.987 bits per heavy atom. The first-order valence-corrected chi connectivity index (χ1v) is 28.0. The molecule has 1 atom stereocenters. The van der Waals surface area contributed by atoms with E-state index in [0.717, 1.165) is 35.0 Å². The summed E-state index contributed by atoms with van der Waals surface area (Å²) in [5.41, 5.74) is 22.8. The molecule has 78 heavy (non-hydrogen) atoms. The molecule has 0 N–H and O–H groups in total. The van der Waals surface area contributed by atoms with Gasteiger partial charge in [-0.3, -0.25) is 0 Å². The molecule has 0 fully saturated rings. The molecule has 17 rings (SSSR count). The molecule has 0 bridgehead atoms. The van der Waals surface area contributed by atoms with Crippen LogP contribution < -0.4 is 9.64 Å². The van der Waals surface area contributed by atoms with Crippen molar-refractivity contribution in [2.45, 2.75) is 33.1 Å². The summed E-state index contributed by atoms with van der Waals surface area (Å²) < 4.78 is 9.15. The second-order valence-electron chi connectivity index (χ2n) is 21.4. The number of ether oxygens (including phenoxy) is 1. The molecule has 0 saturated heterocycles. The SMILES string of the molecule is C1=CC(N(c2cccc(-c3ccc4c5ccccc5n(-c5ccccc5)c4c3)c2)c2ccc3c(c2)-c2ccccc2C32c3ccccc3Sc3ccccc32)CC2=C1C1(c3ccccc3Oc3ccccc31)c1ccccc12. The minimum absolute atomic E-state index is 0.0354. The van der Waals surface area contributed by atoms with Gasteiger partial charge in [-0.05, 0) is 146 Å². The Morgan fingerprint density at radius 1 is 0.410 bits per heavy atom. The smallest absolute Gasteiger partial charge is 0.132 e. The van der Waals surface area contributed by atoms with Gasteiger partial charge in [-0.25, -0.2) is 0 Å². The summed E-state index contributed by atoms with van der Waals surface area (Å²) in [4.78, 5) is 5.25. The normalized spacial score (nSPS) is 16.2. The quantitative estimate of drug-likeness (QED) is 0.171. The molecule has 0 amide bonds. The maximum Gasteiger partial charge on any atom is 0.132 e. The highest BCUT2D eigenvalue weighted by Crippen LogP contribution is 2.65. The van der Waals surface area contributed by atoms with Crippen molar-refractivity contribution < 1.29 is 4.74 Å². The predicted molar refractivity (Wildman–Crippen MR) is 320 cm³/mol. The fraction of sp³-hybridized carbons (Fsp3) is 0.0541. The molecule has 1 unspecified atom stereocenters. The summed E-state index contributed by atoms with van der Waals surface area (Å²) in [6.07, 6.45) is 5.78. The Hall–Kier alpha value is -9.35. The van der Waals surface area contributed by atoms with E-state index in [1.54, 1.807) is 0 Å². The lowest BCUT2D eigenvalue weighted by Crippen LogP contribution is -2.35. The van der Waals surface area contributed by atoms with Crippen LogP contribution in [0.5, 0.6) is 11.5 Å². The van der Waals surface area contributed by atoms with Crippen LogP contribution in [0, 0.1) is 0 Å². The minimum atomic E-state index is -0.527. The van der Waals surface area contributed by atoms with Crippen molar-refractivity contribution in [3.05, 3.63) is 323 Å². The Labute approximate surface area is 457 Å². The van der Waals surface area contributed by atoms with Crippen molar-refractivity contribution in [1.29, 1.82) is 0 Å². The first-order chi connectivity index (χ1) is 38.7. The third kappa shape index (κ3) is 5.90. The Kier molecular flexibility index (Phi) is 9.32. The lowest BCUT2D eigenvalue weighted by molar-refractivity contribution is 0.435. The van der Waals surface area contributed by atoms with Gasteiger partial charge in [-0.1, -0.05) is 212 Å². The summed E-state index contributed by atoms with van der Waals surface area (Å²) in [6, 6.07) is 97.1. The van der Waals surface area contributed by atoms with Crippen molar-refractivity contribution in [2.24, 2.45) is 0 Å². The number of hydrogen-bond acceptors (Lipinski definition) is 3. The van der Waals surface area contributed by atoms with Gasteiger partial charge in [0.25, 0.3) is 0 Å². The van der Waals surface area contributed by atoms with Crippen LogP contribution in [-0.2, 0) is 10.8 Å². The molecule has 5 aliphatic rings. The summed E-state index contributed by atoms with van der Waals surface area (Å²) in [5.74, 6) is 1.82. The van der Waals surface area contributed by atoms with E-state index in [-0.39, 0.29) is 6.04 Å². The average molecular weight is 1010 g/mol. The van der Waals surface area contributed by atoms with E-state index in [9.17, 15) is 0 Å². The third-order valence-corrected chi connectivity index (χ3v) is 18.8. The van der Waals surface area contributed by atoms with Crippen LogP contribution in [0.1, 0.15) is 50.9 Å². The Morgan fingerprint density at radius 3 is 1.74 bits per heavy atom. The predicted octanol–water partition coefficient (Wildman–Crippen LogP) is 18.7. The summed E-state index contributed by atoms with van der Waals surface area (Å²) in [6.45, 7) is 0. The molecule has 3 aliphatic carbocycles. The Bertz CT molecular complexity index is 4490. The zero-order valence-electron chi connectivity index (χ0n) is 42.5. The zero-order chi connectivity index (χ0) is 51.1. The second-order valence-corrected chi connectivity index (χ2v) is 22.5. The van der Waals surface area contributed by atoms with Gasteiger partial charge in [0, 0.05) is 48.8 Å². The van der Waals surface area contributed by atoms with Crippen molar-refractivity contribution in [3.8, 4) is 39.4 Å². The van der Waals surface area contributed by atoms with Crippen LogP contribution in [0.15, 0.2) is 288 Å². The standard InChI is InChI=1S/C74H48N2OS/c1-2-20-49(21-3-1)76-67-32-13-6-25-55(67)56-40-37-48(44-68(56)76)47-19-18-22-50(43-47)75(51-38-41-61-57(45-51)53-23-4-7-26-59(53)73(61)63-28-9-14-33-69(63)77-70-34-15-10-29-64(70)73)52-39-42-62-58(46-52)54-24-5-8-27-60(54)74(62)65-30-11-16-35-71(65)78-72-36-17-12-31-66(72)74/h1-44,46,51H,45H2. The van der Waals surface area contributed by atoms with Gasteiger partial charge < -0.3 is 14.2 Å². The van der Waals surface area contributed by atoms with Gasteiger partial charge in [0.05, 0.1) is 27.9 Å². The van der Waals surface area contributed by atoms with E-state index in [0.29, 0.717) is 0 Å². The van der Waals surface area contributed by atoms with Crippen molar-refractivity contribution in [1.82, 2.24) is 4.57 Å². The number of rotatable bonds is 5. The summed E-state index contributed by atoms with van der Waals surface area (Å²) in [5, 5.41) is 2.50. The summed E-state index contributed by atoms with van der Waals surface area (Å²) in [7, 11) is 0. The highest BCUT2D eigenvalue weighted by molar-refractivity contribution is 7.99. The van der Waals surface area contributed by atoms with Crippen LogP contribution in [0.4, 0.5) is 11.4 Å². The van der Waals surface area contributed by atoms with Crippen LogP contribution in [-0.4, -0.2) is 10.6 Å². The topological polar surface area (TPSA) is 17.4 Å². The van der Waals surface area contributed by atoms with E-state index in [1.807, 2.05) is 11.8 Å². The number of fused-ring (bicyclic) bond motifs is 20. The second kappa shape index (κ2) is 16.6. The molecule has 2 aliphatic heterocycles. The first kappa shape index (κ1) is 43.8. The molecule has 0 saturated carbocycles. The van der Waals surface area contributed by atoms with Crippen LogP contribution in [0.3, 0.4) is 0 Å². The molecule has 2 spiro atoms. The number of allylic oxidation sites excluding steroid dienone is 2. The monoisotopic (exact) mass is 1010 g/mol. The first-order valence-electron chi connectivity index (χ1n) is 27.2. The number of hydrogen-bond donors (Lipinski definition) is 0. The van der Waals surface area contributed by atoms with Gasteiger partial charge in [0.1, 0.15) is 11.5 Å². The van der Waals surface area contributed by atoms with Gasteiger partial charge in [0.15, 0.2) is 0 Å². The van der Waals surface area contributed by atoms with Gasteiger partial charge in [-0.15, -0.1) is 0 Å². The van der Waals surface area contributed by atoms with E-state index in [4.69, 9.17) is 4.74 Å². The van der Waals surface area contributed by atoms with Crippen molar-refractivity contribution >= 4 is 50.5 Å². The van der Waals surface area contributed by atoms with Crippen LogP contribution >= 0.6 is 11.8 Å². The number of benzene rings is 11. The maximum atomic E-state index is 6.73. The number of anilines is 2. The molecule has 3 nitrogen and oxygen atoms in total. The van der Waals surface area contributed by atoms with Gasteiger partial charge in [0.2, 0.25) is 0 Å². The molecule has 4 heteroatoms. The van der Waals surface area contributed by atoms with E-state index >= 15 is 0 Å². The Balaban J connectivity index is 0.871. The minimum Gasteiger partial charge on any atom is -0.457 e. The fourth-order valence-electron chi connectivity index (χ4n) is 14.6. The maximum absolute atomic E-state index is 6.73. The highest BCUT2D eigenvalue weighted by atomic mass is 32.2. The van der Waals surface area contributed by atoms with E-state index in [2.05, 4.69) is 282 Å². The lowest BCUT2D eigenvalue weighted by Gasteiger charge is -2.41. The van der Waals surface area contributed by atoms with Gasteiger partial charge in [-0.2, -0.15) is 0 Å². The van der Waals surface area contributed by atoms with Crippen molar-refractivity contribution in [3.63, 3.8) is 0 Å². The number of aromatic nitrogens is 1. The fourth-order valence-corrected chi connectivity index (χ4v) is 15.8. The van der Waals surface area contributed by atoms with Crippen LogP contribution in [0.2, 0.25) is 0 Å². The number of para-hydroxylation sites is 4. The van der Waals surface area contributed by atoms with Gasteiger partial charge >= 0.3 is 0 Å². The molecule has 1 aromatic heterocycles. The molecular weight excluding hydrogens is 965 g/mol. The molecular formula is C74H48N2OS. The van der Waals surface area contributed by atoms with E-state index in [1.165, 1.54) is 110 Å². The van der Waals surface area contributed by atoms with E-state index < -0.39 is 10.8 Å². The van der Waals surface area contributed by atoms with Crippen molar-refractivity contribution in [2.75, 3.05) is 4.90 Å². The third-order valence-electron chi connectivity index (χ3n) is 17.7. The summed E-state index contributed by atoms with van der Waals surface area (Å²) >= 11 is 1.89. The largest absolute Gasteiger partial charge is 0.457 e.